The molecule has 12 heavy (non-hydrogen) atoms. The molecule has 3 nitrogen and oxygen atoms in total. The molecule has 0 saturated heterocycles. The van der Waals surface area contributed by atoms with Gasteiger partial charge in [0.05, 0.1) is 0 Å². The Morgan fingerprint density at radius 3 is 2.50 bits per heavy atom. The zero-order valence-corrected chi connectivity index (χ0v) is 7.10. The summed E-state index contributed by atoms with van der Waals surface area (Å²) in [5.74, 6) is -0.756. The van der Waals surface area contributed by atoms with Crippen LogP contribution in [-0.2, 0) is 4.79 Å². The number of hydrogen-bond donors (Lipinski definition) is 1. The van der Waals surface area contributed by atoms with E-state index in [1.807, 2.05) is 19.1 Å². The number of carbonyl (C=O) groups is 1. The van der Waals surface area contributed by atoms with Crippen molar-refractivity contribution in [1.29, 1.82) is 0 Å². The van der Waals surface area contributed by atoms with Crippen LogP contribution in [0.4, 0.5) is 0 Å². The maximum Gasteiger partial charge on any atom is 0.326 e. The van der Waals surface area contributed by atoms with E-state index in [1.165, 1.54) is 0 Å². The van der Waals surface area contributed by atoms with Crippen molar-refractivity contribution in [2.45, 2.75) is 25.8 Å². The smallest absolute Gasteiger partial charge is 0.326 e. The molecule has 1 aromatic rings. The molecule has 0 radical (unpaired) electrons. The van der Waals surface area contributed by atoms with Crippen LogP contribution in [0.2, 0.25) is 0 Å². The Kier molecular flexibility index (Phi) is 2.91. The summed E-state index contributed by atoms with van der Waals surface area (Å²) in [5.41, 5.74) is 0. The molecular weight excluding hydrogens is 154 g/mol. The Bertz CT molecular complexity index is 241. The Labute approximate surface area is 71.6 Å². The Hall–Kier alpha value is -1.25. The van der Waals surface area contributed by atoms with E-state index in [0.717, 1.165) is 6.42 Å². The lowest BCUT2D eigenvalue weighted by atomic mass is 10.2. The normalized spacial score (nSPS) is 12.8. The van der Waals surface area contributed by atoms with Crippen LogP contribution in [0.25, 0.3) is 0 Å². The number of aliphatic carboxylic acids is 1. The van der Waals surface area contributed by atoms with Crippen LogP contribution in [0.3, 0.4) is 0 Å². The average Bonchev–Trinajstić information content (AvgIpc) is 2.51. The number of nitrogens with zero attached hydrogens (tertiary/aromatic N) is 1. The van der Waals surface area contributed by atoms with Gasteiger partial charge in [-0.25, -0.2) is 4.79 Å². The molecule has 0 saturated carbocycles. The van der Waals surface area contributed by atoms with E-state index < -0.39 is 12.0 Å². The third kappa shape index (κ3) is 1.87. The van der Waals surface area contributed by atoms with Crippen LogP contribution in [-0.4, -0.2) is 15.6 Å². The lowest BCUT2D eigenvalue weighted by Crippen LogP contribution is -2.17. The van der Waals surface area contributed by atoms with Gasteiger partial charge in [-0.15, -0.1) is 0 Å². The minimum atomic E-state index is -0.756. The van der Waals surface area contributed by atoms with Gasteiger partial charge in [0.25, 0.3) is 0 Å². The second-order valence-corrected chi connectivity index (χ2v) is 2.77. The van der Waals surface area contributed by atoms with Crippen LogP contribution in [0.1, 0.15) is 25.8 Å². The number of rotatable bonds is 4. The van der Waals surface area contributed by atoms with Crippen LogP contribution in [0.15, 0.2) is 24.5 Å². The fourth-order valence-electron chi connectivity index (χ4n) is 1.23. The van der Waals surface area contributed by atoms with Gasteiger partial charge in [-0.2, -0.15) is 0 Å². The molecule has 0 fully saturated rings. The summed E-state index contributed by atoms with van der Waals surface area (Å²) in [6, 6.07) is 3.28. The molecule has 0 aliphatic rings. The number of hydrogen-bond acceptors (Lipinski definition) is 1. The first-order chi connectivity index (χ1) is 5.75. The van der Waals surface area contributed by atoms with Crippen molar-refractivity contribution in [2.24, 2.45) is 0 Å². The topological polar surface area (TPSA) is 42.2 Å². The quantitative estimate of drug-likeness (QED) is 0.744. The maximum absolute atomic E-state index is 10.8. The van der Waals surface area contributed by atoms with E-state index in [4.69, 9.17) is 5.11 Å². The molecule has 66 valence electrons. The summed E-state index contributed by atoms with van der Waals surface area (Å²) in [6.45, 7) is 1.99. The summed E-state index contributed by atoms with van der Waals surface area (Å²) >= 11 is 0. The van der Waals surface area contributed by atoms with E-state index in [2.05, 4.69) is 0 Å². The molecule has 0 spiro atoms. The molecule has 1 heterocycles. The minimum Gasteiger partial charge on any atom is -0.480 e. The average molecular weight is 167 g/mol. The van der Waals surface area contributed by atoms with Gasteiger partial charge < -0.3 is 9.67 Å². The zero-order valence-electron chi connectivity index (χ0n) is 7.10. The summed E-state index contributed by atoms with van der Waals surface area (Å²) in [4.78, 5) is 10.8. The molecule has 0 aliphatic carbocycles. The minimum absolute atomic E-state index is 0.398. The van der Waals surface area contributed by atoms with Crippen LogP contribution >= 0.6 is 0 Å². The molecule has 0 aliphatic heterocycles. The van der Waals surface area contributed by atoms with Crippen LogP contribution < -0.4 is 0 Å². The SMILES string of the molecule is CCC[C@H](C(=O)O)n1cccc1. The van der Waals surface area contributed by atoms with E-state index >= 15 is 0 Å². The zero-order chi connectivity index (χ0) is 8.97. The van der Waals surface area contributed by atoms with Gasteiger partial charge >= 0.3 is 5.97 Å². The Morgan fingerprint density at radius 2 is 2.08 bits per heavy atom. The van der Waals surface area contributed by atoms with Crippen molar-refractivity contribution in [3.63, 3.8) is 0 Å². The number of carboxylic acid groups (broad SMARTS) is 1. The first-order valence-corrected chi connectivity index (χ1v) is 4.11. The fourth-order valence-corrected chi connectivity index (χ4v) is 1.23. The fraction of sp³-hybridized carbons (Fsp3) is 0.444. The highest BCUT2D eigenvalue weighted by Gasteiger charge is 2.16. The van der Waals surface area contributed by atoms with Crippen molar-refractivity contribution >= 4 is 5.97 Å². The predicted octanol–water partition coefficient (Wildman–Crippen LogP) is 1.91. The van der Waals surface area contributed by atoms with Gasteiger partial charge in [-0.05, 0) is 18.6 Å². The third-order valence-electron chi connectivity index (χ3n) is 1.83. The number of carboxylic acids is 1. The second kappa shape index (κ2) is 3.95. The van der Waals surface area contributed by atoms with Crippen LogP contribution in [0.5, 0.6) is 0 Å². The molecule has 1 rings (SSSR count). The van der Waals surface area contributed by atoms with Gasteiger partial charge in [-0.3, -0.25) is 0 Å². The summed E-state index contributed by atoms with van der Waals surface area (Å²) in [7, 11) is 0. The largest absolute Gasteiger partial charge is 0.480 e. The van der Waals surface area contributed by atoms with Gasteiger partial charge in [-0.1, -0.05) is 13.3 Å². The standard InChI is InChI=1S/C9H13NO2/c1-2-5-8(9(11)12)10-6-3-4-7-10/h3-4,6-8H,2,5H2,1H3,(H,11,12)/t8-/m1/s1. The highest BCUT2D eigenvalue weighted by molar-refractivity contribution is 5.71. The van der Waals surface area contributed by atoms with E-state index in [1.54, 1.807) is 17.0 Å². The molecule has 0 amide bonds. The van der Waals surface area contributed by atoms with E-state index in [9.17, 15) is 4.79 Å². The van der Waals surface area contributed by atoms with Crippen molar-refractivity contribution in [3.05, 3.63) is 24.5 Å². The van der Waals surface area contributed by atoms with Crippen LogP contribution in [0, 0.1) is 0 Å². The number of aromatic nitrogens is 1. The first kappa shape index (κ1) is 8.84. The summed E-state index contributed by atoms with van der Waals surface area (Å²) in [6.07, 6.45) is 5.14. The van der Waals surface area contributed by atoms with Gasteiger partial charge in [0, 0.05) is 12.4 Å². The second-order valence-electron chi connectivity index (χ2n) is 2.77. The van der Waals surface area contributed by atoms with Gasteiger partial charge in [0.15, 0.2) is 0 Å². The molecule has 1 N–H and O–H groups in total. The molecule has 1 aromatic heterocycles. The molecule has 0 aromatic carbocycles. The Morgan fingerprint density at radius 1 is 1.50 bits per heavy atom. The monoisotopic (exact) mass is 167 g/mol. The van der Waals surface area contributed by atoms with Crippen molar-refractivity contribution in [3.8, 4) is 0 Å². The maximum atomic E-state index is 10.8. The molecule has 0 unspecified atom stereocenters. The van der Waals surface area contributed by atoms with Crippen molar-refractivity contribution in [1.82, 2.24) is 4.57 Å². The molecule has 3 heteroatoms. The molecule has 1 atom stereocenters. The summed E-state index contributed by atoms with van der Waals surface area (Å²) < 4.78 is 1.73. The van der Waals surface area contributed by atoms with E-state index in [-0.39, 0.29) is 0 Å². The molecule has 0 bridgehead atoms. The lowest BCUT2D eigenvalue weighted by molar-refractivity contribution is -0.141. The van der Waals surface area contributed by atoms with Gasteiger partial charge in [0.1, 0.15) is 6.04 Å². The highest BCUT2D eigenvalue weighted by atomic mass is 16.4. The Balaban J connectivity index is 2.73. The predicted molar refractivity (Wildman–Crippen MR) is 46.0 cm³/mol. The van der Waals surface area contributed by atoms with E-state index in [0.29, 0.717) is 6.42 Å². The van der Waals surface area contributed by atoms with Crippen molar-refractivity contribution in [2.75, 3.05) is 0 Å². The first-order valence-electron chi connectivity index (χ1n) is 4.11. The summed E-state index contributed by atoms with van der Waals surface area (Å²) in [5, 5.41) is 8.86. The third-order valence-corrected chi connectivity index (χ3v) is 1.83. The van der Waals surface area contributed by atoms with Gasteiger partial charge in [0.2, 0.25) is 0 Å². The lowest BCUT2D eigenvalue weighted by Gasteiger charge is -2.12. The molecular formula is C9H13NO2. The highest BCUT2D eigenvalue weighted by Crippen LogP contribution is 2.13. The van der Waals surface area contributed by atoms with Crippen molar-refractivity contribution < 1.29 is 9.90 Å².